The molecule has 1 aromatic rings. The molecular weight excluding hydrogens is 326 g/mol. The van der Waals surface area contributed by atoms with Gasteiger partial charge in [-0.15, -0.1) is 11.3 Å². The zero-order valence-electron chi connectivity index (χ0n) is 11.5. The number of hydrogen-bond donors (Lipinski definition) is 2. The van der Waals surface area contributed by atoms with Gasteiger partial charge in [-0.2, -0.15) is 0 Å². The highest BCUT2D eigenvalue weighted by Crippen LogP contribution is 2.24. The van der Waals surface area contributed by atoms with Crippen molar-refractivity contribution in [3.05, 3.63) is 20.8 Å². The van der Waals surface area contributed by atoms with Gasteiger partial charge < -0.3 is 10.4 Å². The molecule has 0 fully saturated rings. The van der Waals surface area contributed by atoms with E-state index in [1.54, 1.807) is 11.3 Å². The SMILES string of the molecule is CCC(CC)(CO)CNC(=O)CCc1cc(Br)cs1. The molecule has 108 valence electrons. The summed E-state index contributed by atoms with van der Waals surface area (Å²) < 4.78 is 1.07. The Morgan fingerprint density at radius 2 is 2.16 bits per heavy atom. The molecule has 0 aromatic carbocycles. The molecule has 0 aliphatic heterocycles. The van der Waals surface area contributed by atoms with Crippen molar-refractivity contribution >= 4 is 33.2 Å². The molecule has 0 aliphatic rings. The van der Waals surface area contributed by atoms with E-state index in [-0.39, 0.29) is 17.9 Å². The lowest BCUT2D eigenvalue weighted by atomic mass is 9.83. The van der Waals surface area contributed by atoms with E-state index in [1.165, 1.54) is 4.88 Å². The third kappa shape index (κ3) is 5.24. The molecule has 1 aromatic heterocycles. The third-order valence-corrected chi connectivity index (χ3v) is 5.47. The van der Waals surface area contributed by atoms with E-state index in [2.05, 4.69) is 35.1 Å². The van der Waals surface area contributed by atoms with Gasteiger partial charge in [-0.3, -0.25) is 4.79 Å². The molecule has 1 heterocycles. The Kier molecular flexibility index (Phi) is 7.04. The van der Waals surface area contributed by atoms with Gasteiger partial charge in [0, 0.05) is 33.1 Å². The molecule has 1 rings (SSSR count). The number of aliphatic hydroxyl groups is 1. The molecule has 1 amide bonds. The van der Waals surface area contributed by atoms with Crippen molar-refractivity contribution in [2.24, 2.45) is 5.41 Å². The lowest BCUT2D eigenvalue weighted by Gasteiger charge is -2.29. The lowest BCUT2D eigenvalue weighted by molar-refractivity contribution is -0.121. The molecule has 0 atom stereocenters. The minimum absolute atomic E-state index is 0.0595. The van der Waals surface area contributed by atoms with Gasteiger partial charge in [-0.1, -0.05) is 13.8 Å². The van der Waals surface area contributed by atoms with Crippen LogP contribution in [0.25, 0.3) is 0 Å². The molecular formula is C14H22BrNO2S. The van der Waals surface area contributed by atoms with Crippen molar-refractivity contribution in [1.82, 2.24) is 5.32 Å². The molecule has 5 heteroatoms. The van der Waals surface area contributed by atoms with Crippen LogP contribution in [0.5, 0.6) is 0 Å². The summed E-state index contributed by atoms with van der Waals surface area (Å²) in [5, 5.41) is 14.4. The van der Waals surface area contributed by atoms with Crippen LogP contribution in [-0.4, -0.2) is 24.2 Å². The fourth-order valence-electron chi connectivity index (χ4n) is 1.88. The number of carbonyl (C=O) groups is 1. The average Bonchev–Trinajstić information content (AvgIpc) is 2.84. The Labute approximate surface area is 127 Å². The fourth-order valence-corrected chi connectivity index (χ4v) is 3.33. The number of hydrogen-bond acceptors (Lipinski definition) is 3. The van der Waals surface area contributed by atoms with E-state index in [9.17, 15) is 9.90 Å². The summed E-state index contributed by atoms with van der Waals surface area (Å²) >= 11 is 5.07. The second kappa shape index (κ2) is 8.02. The molecule has 0 spiro atoms. The first-order chi connectivity index (χ1) is 9.05. The van der Waals surface area contributed by atoms with E-state index >= 15 is 0 Å². The fraction of sp³-hybridized carbons (Fsp3) is 0.643. The first-order valence-electron chi connectivity index (χ1n) is 6.65. The Bertz CT molecular complexity index is 394. The second-order valence-corrected chi connectivity index (χ2v) is 6.78. The van der Waals surface area contributed by atoms with E-state index in [4.69, 9.17) is 0 Å². The number of aryl methyl sites for hydroxylation is 1. The standard InChI is InChI=1S/C14H22BrNO2S/c1-3-14(4-2,10-17)9-16-13(18)6-5-12-7-11(15)8-19-12/h7-8,17H,3-6,9-10H2,1-2H3,(H,16,18). The summed E-state index contributed by atoms with van der Waals surface area (Å²) in [6.45, 7) is 4.78. The number of thiophene rings is 1. The van der Waals surface area contributed by atoms with Crippen LogP contribution < -0.4 is 5.32 Å². The van der Waals surface area contributed by atoms with Crippen LogP contribution in [0.4, 0.5) is 0 Å². The third-order valence-electron chi connectivity index (χ3n) is 3.72. The molecule has 0 bridgehead atoms. The van der Waals surface area contributed by atoms with Crippen molar-refractivity contribution in [3.63, 3.8) is 0 Å². The van der Waals surface area contributed by atoms with Gasteiger partial charge in [0.2, 0.25) is 5.91 Å². The molecule has 0 saturated heterocycles. The van der Waals surface area contributed by atoms with Crippen LogP contribution in [0.2, 0.25) is 0 Å². The molecule has 0 unspecified atom stereocenters. The van der Waals surface area contributed by atoms with Gasteiger partial charge in [-0.05, 0) is 41.3 Å². The summed E-state index contributed by atoms with van der Waals surface area (Å²) in [6.07, 6.45) is 3.02. The maximum atomic E-state index is 11.8. The van der Waals surface area contributed by atoms with Gasteiger partial charge in [0.25, 0.3) is 0 Å². The topological polar surface area (TPSA) is 49.3 Å². The van der Waals surface area contributed by atoms with Crippen LogP contribution in [0, 0.1) is 5.41 Å². The Morgan fingerprint density at radius 3 is 2.63 bits per heavy atom. The largest absolute Gasteiger partial charge is 0.396 e. The summed E-state index contributed by atoms with van der Waals surface area (Å²) in [6, 6.07) is 2.05. The number of carbonyl (C=O) groups excluding carboxylic acids is 1. The predicted molar refractivity (Wildman–Crippen MR) is 83.5 cm³/mol. The van der Waals surface area contributed by atoms with Gasteiger partial charge in [0.1, 0.15) is 0 Å². The van der Waals surface area contributed by atoms with Crippen LogP contribution in [0.1, 0.15) is 38.0 Å². The molecule has 0 radical (unpaired) electrons. The van der Waals surface area contributed by atoms with Crippen molar-refractivity contribution in [1.29, 1.82) is 0 Å². The summed E-state index contributed by atoms with van der Waals surface area (Å²) in [5.41, 5.74) is -0.165. The minimum Gasteiger partial charge on any atom is -0.396 e. The van der Waals surface area contributed by atoms with E-state index in [1.807, 2.05) is 11.4 Å². The summed E-state index contributed by atoms with van der Waals surface area (Å²) in [5.74, 6) is 0.0595. The number of halogens is 1. The first-order valence-corrected chi connectivity index (χ1v) is 8.33. The van der Waals surface area contributed by atoms with Gasteiger partial charge in [0.15, 0.2) is 0 Å². The Balaban J connectivity index is 2.35. The zero-order valence-corrected chi connectivity index (χ0v) is 13.9. The first kappa shape index (κ1) is 16.7. The highest BCUT2D eigenvalue weighted by Gasteiger charge is 2.25. The van der Waals surface area contributed by atoms with Crippen LogP contribution in [0.3, 0.4) is 0 Å². The van der Waals surface area contributed by atoms with Gasteiger partial charge in [0.05, 0.1) is 6.61 Å². The normalized spacial score (nSPS) is 11.6. The monoisotopic (exact) mass is 347 g/mol. The number of rotatable bonds is 8. The molecule has 0 aliphatic carbocycles. The van der Waals surface area contributed by atoms with Crippen molar-refractivity contribution in [2.45, 2.75) is 39.5 Å². The highest BCUT2D eigenvalue weighted by molar-refractivity contribution is 9.10. The molecule has 2 N–H and O–H groups in total. The maximum Gasteiger partial charge on any atom is 0.220 e. The smallest absolute Gasteiger partial charge is 0.220 e. The molecule has 3 nitrogen and oxygen atoms in total. The van der Waals surface area contributed by atoms with Crippen molar-refractivity contribution < 1.29 is 9.90 Å². The Hall–Kier alpha value is -0.390. The average molecular weight is 348 g/mol. The Morgan fingerprint density at radius 1 is 1.47 bits per heavy atom. The summed E-state index contributed by atoms with van der Waals surface area (Å²) in [7, 11) is 0. The number of nitrogens with one attached hydrogen (secondary N) is 1. The van der Waals surface area contributed by atoms with Crippen molar-refractivity contribution in [2.75, 3.05) is 13.2 Å². The minimum atomic E-state index is -0.165. The second-order valence-electron chi connectivity index (χ2n) is 4.87. The van der Waals surface area contributed by atoms with Crippen LogP contribution in [-0.2, 0) is 11.2 Å². The molecule has 19 heavy (non-hydrogen) atoms. The quantitative estimate of drug-likeness (QED) is 0.757. The van der Waals surface area contributed by atoms with E-state index < -0.39 is 0 Å². The van der Waals surface area contributed by atoms with Crippen LogP contribution in [0.15, 0.2) is 15.9 Å². The zero-order chi connectivity index (χ0) is 14.3. The van der Waals surface area contributed by atoms with Crippen molar-refractivity contribution in [3.8, 4) is 0 Å². The number of amides is 1. The molecule has 0 saturated carbocycles. The number of aliphatic hydroxyl groups excluding tert-OH is 1. The predicted octanol–water partition coefficient (Wildman–Crippen LogP) is 3.36. The lowest BCUT2D eigenvalue weighted by Crippen LogP contribution is -2.39. The van der Waals surface area contributed by atoms with Gasteiger partial charge >= 0.3 is 0 Å². The highest BCUT2D eigenvalue weighted by atomic mass is 79.9. The maximum absolute atomic E-state index is 11.8. The summed E-state index contributed by atoms with van der Waals surface area (Å²) in [4.78, 5) is 13.0. The van der Waals surface area contributed by atoms with E-state index in [0.717, 1.165) is 23.7 Å². The van der Waals surface area contributed by atoms with Crippen LogP contribution >= 0.6 is 27.3 Å². The van der Waals surface area contributed by atoms with E-state index in [0.29, 0.717) is 13.0 Å². The van der Waals surface area contributed by atoms with Gasteiger partial charge in [-0.25, -0.2) is 0 Å².